The van der Waals surface area contributed by atoms with Gasteiger partial charge in [-0.25, -0.2) is 4.79 Å². The number of benzene rings is 1. The van der Waals surface area contributed by atoms with E-state index >= 15 is 0 Å². The smallest absolute Gasteiger partial charge is 0.343 e. The highest BCUT2D eigenvalue weighted by Crippen LogP contribution is 2.31. The molecule has 0 N–H and O–H groups in total. The van der Waals surface area contributed by atoms with Crippen molar-refractivity contribution in [3.63, 3.8) is 0 Å². The summed E-state index contributed by atoms with van der Waals surface area (Å²) in [5.74, 6) is -1.41. The van der Waals surface area contributed by atoms with Crippen molar-refractivity contribution in [2.24, 2.45) is 0 Å². The van der Waals surface area contributed by atoms with E-state index in [1.54, 1.807) is 0 Å². The number of ether oxygens (including phenoxy) is 3. The van der Waals surface area contributed by atoms with Gasteiger partial charge in [-0.3, -0.25) is 14.9 Å². The molecule has 0 heterocycles. The second-order valence-corrected chi connectivity index (χ2v) is 3.64. The van der Waals surface area contributed by atoms with Crippen LogP contribution in [0.3, 0.4) is 0 Å². The minimum absolute atomic E-state index is 0.145. The lowest BCUT2D eigenvalue weighted by Gasteiger charge is -2.10. The van der Waals surface area contributed by atoms with Gasteiger partial charge in [0.25, 0.3) is 0 Å². The first-order valence-corrected chi connectivity index (χ1v) is 5.52. The van der Waals surface area contributed by atoms with Crippen molar-refractivity contribution < 1.29 is 28.7 Å². The summed E-state index contributed by atoms with van der Waals surface area (Å²) in [4.78, 5) is 32.6. The molecule has 0 aromatic heterocycles. The summed E-state index contributed by atoms with van der Waals surface area (Å²) in [7, 11) is 2.37. The van der Waals surface area contributed by atoms with Crippen molar-refractivity contribution in [1.29, 1.82) is 0 Å². The molecule has 0 aliphatic heterocycles. The zero-order valence-corrected chi connectivity index (χ0v) is 11.0. The highest BCUT2D eigenvalue weighted by molar-refractivity contribution is 5.75. The average molecular weight is 283 g/mol. The topological polar surface area (TPSA) is 105 Å². The molecule has 0 aliphatic carbocycles. The van der Waals surface area contributed by atoms with E-state index in [1.165, 1.54) is 32.4 Å². The molecule has 1 aromatic carbocycles. The van der Waals surface area contributed by atoms with Crippen LogP contribution in [0.2, 0.25) is 0 Å². The molecule has 0 fully saturated rings. The molecule has 0 saturated heterocycles. The highest BCUT2D eigenvalue weighted by atomic mass is 16.6. The van der Waals surface area contributed by atoms with Crippen molar-refractivity contribution in [2.75, 3.05) is 20.8 Å². The number of carbonyl (C=O) groups excluding carboxylic acids is 2. The van der Waals surface area contributed by atoms with Crippen LogP contribution in [0.4, 0.5) is 5.69 Å². The van der Waals surface area contributed by atoms with E-state index in [1.807, 2.05) is 0 Å². The maximum atomic E-state index is 11.3. The fourth-order valence-electron chi connectivity index (χ4n) is 1.44. The molecule has 0 amide bonds. The van der Waals surface area contributed by atoms with Crippen molar-refractivity contribution in [1.82, 2.24) is 0 Å². The molecule has 1 rings (SSSR count). The van der Waals surface area contributed by atoms with E-state index in [0.29, 0.717) is 0 Å². The molecule has 108 valence electrons. The third-order valence-corrected chi connectivity index (χ3v) is 2.40. The van der Waals surface area contributed by atoms with Gasteiger partial charge < -0.3 is 14.2 Å². The van der Waals surface area contributed by atoms with Gasteiger partial charge in [-0.2, -0.15) is 0 Å². The van der Waals surface area contributed by atoms with Gasteiger partial charge in [-0.05, 0) is 0 Å². The van der Waals surface area contributed by atoms with Gasteiger partial charge in [-0.1, -0.05) is 12.1 Å². The predicted octanol–water partition coefficient (Wildman–Crippen LogP) is 0.862. The number of methoxy groups -OCH3 is 2. The molecule has 1 aromatic rings. The van der Waals surface area contributed by atoms with Crippen LogP contribution >= 0.6 is 0 Å². The minimum atomic E-state index is -0.688. The normalized spacial score (nSPS) is 9.70. The van der Waals surface area contributed by atoms with Crippen LogP contribution in [0, 0.1) is 10.1 Å². The molecule has 0 radical (unpaired) electrons. The summed E-state index contributed by atoms with van der Waals surface area (Å²) in [5, 5.41) is 10.9. The maximum Gasteiger partial charge on any atom is 0.343 e. The average Bonchev–Trinajstić information content (AvgIpc) is 2.44. The summed E-state index contributed by atoms with van der Waals surface area (Å²) >= 11 is 0. The van der Waals surface area contributed by atoms with Crippen LogP contribution in [-0.4, -0.2) is 37.7 Å². The fraction of sp³-hybridized carbons (Fsp3) is 0.333. The second-order valence-electron chi connectivity index (χ2n) is 3.64. The van der Waals surface area contributed by atoms with Gasteiger partial charge in [0.05, 0.1) is 25.6 Å². The monoisotopic (exact) mass is 283 g/mol. The number of esters is 2. The van der Waals surface area contributed by atoms with Gasteiger partial charge in [0.1, 0.15) is 0 Å². The summed E-state index contributed by atoms with van der Waals surface area (Å²) < 4.78 is 14.0. The molecule has 0 bridgehead atoms. The SMILES string of the molecule is COC(=O)COc1c(CC(=O)OC)cccc1[N+](=O)[O-]. The van der Waals surface area contributed by atoms with Crippen LogP contribution in [0.1, 0.15) is 5.56 Å². The third kappa shape index (κ3) is 3.94. The zero-order chi connectivity index (χ0) is 15.1. The van der Waals surface area contributed by atoms with Gasteiger partial charge in [-0.15, -0.1) is 0 Å². The first kappa shape index (κ1) is 15.4. The van der Waals surface area contributed by atoms with Gasteiger partial charge in [0.15, 0.2) is 6.61 Å². The molecule has 0 spiro atoms. The summed E-state index contributed by atoms with van der Waals surface area (Å²) in [6.07, 6.45) is -0.200. The van der Waals surface area contributed by atoms with Crippen LogP contribution in [-0.2, 0) is 25.5 Å². The molecule has 20 heavy (non-hydrogen) atoms. The number of nitro groups is 1. The van der Waals surface area contributed by atoms with Gasteiger partial charge >= 0.3 is 17.6 Å². The third-order valence-electron chi connectivity index (χ3n) is 2.40. The molecule has 0 atom stereocenters. The van der Waals surface area contributed by atoms with Crippen molar-refractivity contribution >= 4 is 17.6 Å². The predicted molar refractivity (Wildman–Crippen MR) is 66.3 cm³/mol. The summed E-state index contributed by atoms with van der Waals surface area (Å²) in [6.45, 7) is -0.491. The Labute approximate surface area is 114 Å². The number of rotatable bonds is 6. The number of hydrogen-bond acceptors (Lipinski definition) is 7. The summed E-state index contributed by atoms with van der Waals surface area (Å²) in [5.41, 5.74) is -0.0785. The van der Waals surface area contributed by atoms with Gasteiger partial charge in [0, 0.05) is 11.6 Å². The summed E-state index contributed by atoms with van der Waals surface area (Å²) in [6, 6.07) is 4.12. The standard InChI is InChI=1S/C12H13NO7/c1-18-10(14)6-8-4-3-5-9(13(16)17)12(8)20-7-11(15)19-2/h3-5H,6-7H2,1-2H3. The highest BCUT2D eigenvalue weighted by Gasteiger charge is 2.21. The lowest BCUT2D eigenvalue weighted by atomic mass is 10.1. The Morgan fingerprint density at radius 3 is 2.40 bits per heavy atom. The Bertz CT molecular complexity index is 527. The van der Waals surface area contributed by atoms with Crippen molar-refractivity contribution in [2.45, 2.75) is 6.42 Å². The van der Waals surface area contributed by atoms with E-state index < -0.39 is 23.5 Å². The Balaban J connectivity index is 3.09. The Morgan fingerprint density at radius 2 is 1.85 bits per heavy atom. The molecule has 0 saturated carbocycles. The molecule has 8 nitrogen and oxygen atoms in total. The Kier molecular flexibility index (Phi) is 5.45. The molecule has 8 heteroatoms. The largest absolute Gasteiger partial charge is 0.475 e. The fourth-order valence-corrected chi connectivity index (χ4v) is 1.44. The first-order chi connectivity index (χ1) is 9.49. The Morgan fingerprint density at radius 1 is 1.20 bits per heavy atom. The number of para-hydroxylation sites is 1. The van der Waals surface area contributed by atoms with E-state index in [-0.39, 0.29) is 23.4 Å². The number of carbonyl (C=O) groups is 2. The molecular weight excluding hydrogens is 270 g/mol. The minimum Gasteiger partial charge on any atom is -0.475 e. The van der Waals surface area contributed by atoms with Crippen LogP contribution in [0.25, 0.3) is 0 Å². The molecule has 0 aliphatic rings. The molecular formula is C12H13NO7. The zero-order valence-electron chi connectivity index (χ0n) is 11.0. The van der Waals surface area contributed by atoms with Crippen molar-refractivity contribution in [3.05, 3.63) is 33.9 Å². The molecule has 0 unspecified atom stereocenters. The Hall–Kier alpha value is -2.64. The van der Waals surface area contributed by atoms with E-state index in [9.17, 15) is 19.7 Å². The van der Waals surface area contributed by atoms with E-state index in [2.05, 4.69) is 9.47 Å². The van der Waals surface area contributed by atoms with Crippen LogP contribution < -0.4 is 4.74 Å². The number of nitrogens with zero attached hydrogens (tertiary/aromatic N) is 1. The van der Waals surface area contributed by atoms with E-state index in [4.69, 9.17) is 4.74 Å². The number of nitro benzene ring substituents is 1. The number of hydrogen-bond donors (Lipinski definition) is 0. The van der Waals surface area contributed by atoms with Crippen LogP contribution in [0.15, 0.2) is 18.2 Å². The lowest BCUT2D eigenvalue weighted by molar-refractivity contribution is -0.385. The first-order valence-electron chi connectivity index (χ1n) is 5.52. The second kappa shape index (κ2) is 7.07. The lowest BCUT2D eigenvalue weighted by Crippen LogP contribution is -2.15. The van der Waals surface area contributed by atoms with E-state index in [0.717, 1.165) is 0 Å². The van der Waals surface area contributed by atoms with Gasteiger partial charge in [0.2, 0.25) is 5.75 Å². The van der Waals surface area contributed by atoms with Crippen molar-refractivity contribution in [3.8, 4) is 5.75 Å². The maximum absolute atomic E-state index is 11.3. The quantitative estimate of drug-likeness (QED) is 0.433. The van der Waals surface area contributed by atoms with Crippen LogP contribution in [0.5, 0.6) is 5.75 Å².